The minimum atomic E-state index is 0.200. The zero-order valence-electron chi connectivity index (χ0n) is 11.5. The van der Waals surface area contributed by atoms with Crippen molar-refractivity contribution in [2.45, 2.75) is 51.2 Å². The van der Waals surface area contributed by atoms with Gasteiger partial charge in [-0.3, -0.25) is 4.90 Å². The van der Waals surface area contributed by atoms with Crippen LogP contribution < -0.4 is 5.73 Å². The van der Waals surface area contributed by atoms with Crippen LogP contribution in [-0.2, 0) is 0 Å². The molecule has 4 unspecified atom stereocenters. The van der Waals surface area contributed by atoms with Crippen LogP contribution in [0.1, 0.15) is 43.4 Å². The lowest BCUT2D eigenvalue weighted by Crippen LogP contribution is -2.43. The lowest BCUT2D eigenvalue weighted by Gasteiger charge is -2.37. The Bertz CT molecular complexity index is 427. The highest BCUT2D eigenvalue weighted by atomic mass is 15.2. The van der Waals surface area contributed by atoms with Gasteiger partial charge in [0.2, 0.25) is 0 Å². The molecule has 0 aromatic heterocycles. The summed E-state index contributed by atoms with van der Waals surface area (Å²) in [5.41, 5.74) is 9.02. The van der Waals surface area contributed by atoms with E-state index in [2.05, 4.69) is 43.0 Å². The van der Waals surface area contributed by atoms with E-state index in [1.165, 1.54) is 36.9 Å². The fraction of sp³-hybridized carbons (Fsp3) is 0.625. The highest BCUT2D eigenvalue weighted by Crippen LogP contribution is 2.42. The van der Waals surface area contributed by atoms with Gasteiger partial charge in [0.1, 0.15) is 0 Å². The van der Waals surface area contributed by atoms with Gasteiger partial charge in [-0.1, -0.05) is 29.8 Å². The molecule has 2 heteroatoms. The predicted octanol–water partition coefficient (Wildman–Crippen LogP) is 2.87. The van der Waals surface area contributed by atoms with Crippen LogP contribution in [0.15, 0.2) is 24.3 Å². The number of nitrogens with two attached hydrogens (primary N) is 1. The van der Waals surface area contributed by atoms with E-state index in [0.29, 0.717) is 6.04 Å². The van der Waals surface area contributed by atoms with E-state index in [1.807, 2.05) is 0 Å². The van der Waals surface area contributed by atoms with Crippen LogP contribution in [0.2, 0.25) is 0 Å². The van der Waals surface area contributed by atoms with Crippen LogP contribution in [-0.4, -0.2) is 23.5 Å². The van der Waals surface area contributed by atoms with Crippen molar-refractivity contribution < 1.29 is 0 Å². The number of piperidine rings is 1. The summed E-state index contributed by atoms with van der Waals surface area (Å²) >= 11 is 0. The van der Waals surface area contributed by atoms with E-state index < -0.39 is 0 Å². The topological polar surface area (TPSA) is 29.3 Å². The first kappa shape index (κ1) is 12.2. The van der Waals surface area contributed by atoms with E-state index >= 15 is 0 Å². The van der Waals surface area contributed by atoms with Crippen molar-refractivity contribution in [3.8, 4) is 0 Å². The minimum absolute atomic E-state index is 0.200. The molecule has 98 valence electrons. The first-order valence-electron chi connectivity index (χ1n) is 7.23. The molecule has 0 amide bonds. The molecule has 1 aromatic carbocycles. The summed E-state index contributed by atoms with van der Waals surface area (Å²) in [6, 6.07) is 10.3. The monoisotopic (exact) mass is 244 g/mol. The van der Waals surface area contributed by atoms with Gasteiger partial charge in [0.15, 0.2) is 0 Å². The number of fused-ring (bicyclic) bond motifs is 2. The van der Waals surface area contributed by atoms with Gasteiger partial charge < -0.3 is 5.73 Å². The number of aryl methyl sites for hydroxylation is 1. The fourth-order valence-electron chi connectivity index (χ4n) is 3.95. The molecular formula is C16H24N2. The number of benzene rings is 1. The molecule has 1 aliphatic heterocycles. The molecule has 1 saturated carbocycles. The van der Waals surface area contributed by atoms with Gasteiger partial charge in [0, 0.05) is 24.7 Å². The zero-order chi connectivity index (χ0) is 12.7. The Hall–Kier alpha value is -0.860. The van der Waals surface area contributed by atoms with Crippen molar-refractivity contribution in [2.75, 3.05) is 6.54 Å². The Labute approximate surface area is 110 Å². The highest BCUT2D eigenvalue weighted by Gasteiger charge is 2.42. The van der Waals surface area contributed by atoms with E-state index in [0.717, 1.165) is 12.0 Å². The molecule has 1 aliphatic carbocycles. The molecule has 18 heavy (non-hydrogen) atoms. The summed E-state index contributed by atoms with van der Waals surface area (Å²) in [6.45, 7) is 5.57. The normalized spacial score (nSPS) is 30.6. The smallest absolute Gasteiger partial charge is 0.0499 e. The van der Waals surface area contributed by atoms with Gasteiger partial charge >= 0.3 is 0 Å². The maximum absolute atomic E-state index is 6.29. The van der Waals surface area contributed by atoms with Crippen LogP contribution in [0.5, 0.6) is 0 Å². The fourth-order valence-corrected chi connectivity index (χ4v) is 3.95. The Balaban J connectivity index is 1.89. The Kier molecular flexibility index (Phi) is 3.16. The molecule has 2 fully saturated rings. The second kappa shape index (κ2) is 4.67. The average molecular weight is 244 g/mol. The summed E-state index contributed by atoms with van der Waals surface area (Å²) < 4.78 is 0. The SMILES string of the molecule is Cc1cccc(C(C(C)N)N2CC3CCC2C3)c1. The highest BCUT2D eigenvalue weighted by molar-refractivity contribution is 5.27. The summed E-state index contributed by atoms with van der Waals surface area (Å²) in [5.74, 6) is 0.932. The second-order valence-electron chi connectivity index (χ2n) is 6.25. The predicted molar refractivity (Wildman–Crippen MR) is 75.4 cm³/mol. The van der Waals surface area contributed by atoms with Gasteiger partial charge in [-0.05, 0) is 44.6 Å². The number of hydrogen-bond acceptors (Lipinski definition) is 2. The maximum Gasteiger partial charge on any atom is 0.0499 e. The van der Waals surface area contributed by atoms with Crippen LogP contribution in [0.4, 0.5) is 0 Å². The van der Waals surface area contributed by atoms with E-state index in [-0.39, 0.29) is 6.04 Å². The molecular weight excluding hydrogens is 220 g/mol. The first-order chi connectivity index (χ1) is 8.65. The maximum atomic E-state index is 6.29. The lowest BCUT2D eigenvalue weighted by molar-refractivity contribution is 0.133. The quantitative estimate of drug-likeness (QED) is 0.886. The summed E-state index contributed by atoms with van der Waals surface area (Å²) in [6.07, 6.45) is 4.20. The third kappa shape index (κ3) is 2.08. The number of nitrogens with zero attached hydrogens (tertiary/aromatic N) is 1. The molecule has 0 radical (unpaired) electrons. The Morgan fingerprint density at radius 2 is 2.17 bits per heavy atom. The van der Waals surface area contributed by atoms with Crippen LogP contribution in [0.3, 0.4) is 0 Å². The third-order valence-electron chi connectivity index (χ3n) is 4.69. The number of rotatable bonds is 3. The molecule has 1 saturated heterocycles. The minimum Gasteiger partial charge on any atom is -0.326 e. The number of hydrogen-bond donors (Lipinski definition) is 1. The van der Waals surface area contributed by atoms with Crippen molar-refractivity contribution in [1.82, 2.24) is 4.90 Å². The summed E-state index contributed by atoms with van der Waals surface area (Å²) in [7, 11) is 0. The summed E-state index contributed by atoms with van der Waals surface area (Å²) in [4.78, 5) is 2.67. The molecule has 2 nitrogen and oxygen atoms in total. The molecule has 2 N–H and O–H groups in total. The van der Waals surface area contributed by atoms with E-state index in [4.69, 9.17) is 5.73 Å². The van der Waals surface area contributed by atoms with Crippen LogP contribution in [0.25, 0.3) is 0 Å². The molecule has 0 spiro atoms. The van der Waals surface area contributed by atoms with Crippen molar-refractivity contribution >= 4 is 0 Å². The van der Waals surface area contributed by atoms with Crippen molar-refractivity contribution in [1.29, 1.82) is 0 Å². The van der Waals surface area contributed by atoms with Crippen molar-refractivity contribution in [3.63, 3.8) is 0 Å². The van der Waals surface area contributed by atoms with Gasteiger partial charge in [-0.25, -0.2) is 0 Å². The van der Waals surface area contributed by atoms with Gasteiger partial charge in [0.25, 0.3) is 0 Å². The summed E-state index contributed by atoms with van der Waals surface area (Å²) in [5, 5.41) is 0. The van der Waals surface area contributed by atoms with Crippen LogP contribution >= 0.6 is 0 Å². The van der Waals surface area contributed by atoms with Crippen molar-refractivity contribution in [2.24, 2.45) is 11.7 Å². The molecule has 1 aromatic rings. The third-order valence-corrected chi connectivity index (χ3v) is 4.69. The molecule has 1 heterocycles. The second-order valence-corrected chi connectivity index (χ2v) is 6.25. The molecule has 2 bridgehead atoms. The van der Waals surface area contributed by atoms with E-state index in [1.54, 1.807) is 0 Å². The zero-order valence-corrected chi connectivity index (χ0v) is 11.5. The van der Waals surface area contributed by atoms with E-state index in [9.17, 15) is 0 Å². The standard InChI is InChI=1S/C16H24N2/c1-11-4-3-5-14(8-11)16(12(2)17)18-10-13-6-7-15(18)9-13/h3-5,8,12-13,15-16H,6-7,9-10,17H2,1-2H3. The lowest BCUT2D eigenvalue weighted by atomic mass is 9.95. The molecule has 4 atom stereocenters. The van der Waals surface area contributed by atoms with Crippen molar-refractivity contribution in [3.05, 3.63) is 35.4 Å². The number of likely N-dealkylation sites (tertiary alicyclic amines) is 1. The van der Waals surface area contributed by atoms with Gasteiger partial charge in [-0.15, -0.1) is 0 Å². The van der Waals surface area contributed by atoms with Crippen LogP contribution in [0, 0.1) is 12.8 Å². The largest absolute Gasteiger partial charge is 0.326 e. The Morgan fingerprint density at radius 3 is 2.72 bits per heavy atom. The van der Waals surface area contributed by atoms with Gasteiger partial charge in [-0.2, -0.15) is 0 Å². The molecule has 3 rings (SSSR count). The van der Waals surface area contributed by atoms with Gasteiger partial charge in [0.05, 0.1) is 0 Å². The Morgan fingerprint density at radius 1 is 1.33 bits per heavy atom. The molecule has 2 aliphatic rings. The first-order valence-corrected chi connectivity index (χ1v) is 7.23. The average Bonchev–Trinajstić information content (AvgIpc) is 2.91.